The van der Waals surface area contributed by atoms with E-state index in [1.807, 2.05) is 0 Å². The SMILES string of the molecule is CC1NC(NC(=O)N2CCC[C@@H]2C(N)=O)[S+]([O-])C1c1ccnc(C(C)(C)C(F)(F)F)c1. The monoisotopic (exact) mass is 461 g/mol. The van der Waals surface area contributed by atoms with Crippen molar-refractivity contribution in [1.82, 2.24) is 20.5 Å². The number of carbonyl (C=O) groups excluding carboxylic acids is 2. The van der Waals surface area contributed by atoms with Crippen molar-refractivity contribution in [3.05, 3.63) is 29.6 Å². The van der Waals surface area contributed by atoms with E-state index in [-0.39, 0.29) is 11.7 Å². The molecule has 12 heteroatoms. The lowest BCUT2D eigenvalue weighted by atomic mass is 9.87. The van der Waals surface area contributed by atoms with Crippen LogP contribution in [0, 0.1) is 0 Å². The van der Waals surface area contributed by atoms with Gasteiger partial charge in [-0.15, -0.1) is 0 Å². The van der Waals surface area contributed by atoms with Gasteiger partial charge in [-0.2, -0.15) is 13.2 Å². The van der Waals surface area contributed by atoms with Gasteiger partial charge in [0.15, 0.2) is 5.25 Å². The lowest BCUT2D eigenvalue weighted by Gasteiger charge is -2.28. The van der Waals surface area contributed by atoms with Crippen molar-refractivity contribution in [3.8, 4) is 0 Å². The van der Waals surface area contributed by atoms with Gasteiger partial charge in [-0.25, -0.2) is 10.1 Å². The van der Waals surface area contributed by atoms with Crippen LogP contribution >= 0.6 is 0 Å². The van der Waals surface area contributed by atoms with E-state index in [1.54, 1.807) is 6.92 Å². The van der Waals surface area contributed by atoms with Gasteiger partial charge in [-0.1, -0.05) is 0 Å². The van der Waals surface area contributed by atoms with E-state index >= 15 is 0 Å². The molecule has 2 fully saturated rings. The van der Waals surface area contributed by atoms with E-state index in [0.29, 0.717) is 24.9 Å². The number of pyridine rings is 1. The number of rotatable bonds is 4. The standard InChI is InChI=1S/C19H26F3N5O3S/c1-10-14(11-6-7-24-13(9-11)18(2,3)19(20,21)22)31(30)16(25-10)26-17(29)27-8-4-5-12(27)15(23)28/h6-7,9-10,12,14,16,25H,4-5,8H2,1-3H3,(H2,23,28)(H,26,29)/t10?,12-,14?,16?,31?/m1/s1. The van der Waals surface area contributed by atoms with E-state index in [0.717, 1.165) is 13.8 Å². The number of hydrogen-bond acceptors (Lipinski definition) is 5. The van der Waals surface area contributed by atoms with Crippen LogP contribution in [0.5, 0.6) is 0 Å². The van der Waals surface area contributed by atoms with Crippen LogP contribution in [0.4, 0.5) is 18.0 Å². The highest BCUT2D eigenvalue weighted by Crippen LogP contribution is 2.41. The van der Waals surface area contributed by atoms with Gasteiger partial charge in [0.05, 0.1) is 11.7 Å². The summed E-state index contributed by atoms with van der Waals surface area (Å²) < 4.78 is 53.4. The fourth-order valence-corrected chi connectivity index (χ4v) is 5.63. The lowest BCUT2D eigenvalue weighted by molar-refractivity contribution is -0.181. The predicted octanol–water partition coefficient (Wildman–Crippen LogP) is 1.65. The van der Waals surface area contributed by atoms with Crippen LogP contribution in [0.1, 0.15) is 50.1 Å². The Morgan fingerprint density at radius 3 is 2.68 bits per heavy atom. The smallest absolute Gasteiger partial charge is 0.399 e. The Morgan fingerprint density at radius 1 is 1.39 bits per heavy atom. The zero-order valence-corrected chi connectivity index (χ0v) is 18.2. The number of nitrogens with two attached hydrogens (primary N) is 1. The second-order valence-electron chi connectivity index (χ2n) is 8.38. The molecule has 1 aromatic rings. The number of hydrogen-bond donors (Lipinski definition) is 3. The number of likely N-dealkylation sites (tertiary alicyclic amines) is 1. The minimum Gasteiger partial charge on any atom is -0.613 e. The van der Waals surface area contributed by atoms with E-state index in [2.05, 4.69) is 15.6 Å². The molecule has 5 atom stereocenters. The van der Waals surface area contributed by atoms with E-state index in [1.165, 1.54) is 23.2 Å². The van der Waals surface area contributed by atoms with Gasteiger partial charge in [0.1, 0.15) is 11.5 Å². The molecule has 31 heavy (non-hydrogen) atoms. The molecule has 0 bridgehead atoms. The zero-order valence-electron chi connectivity index (χ0n) is 17.4. The second kappa shape index (κ2) is 8.47. The number of carbonyl (C=O) groups is 2. The Hall–Kier alpha value is -2.05. The number of alkyl halides is 3. The van der Waals surface area contributed by atoms with Crippen molar-refractivity contribution in [2.75, 3.05) is 6.54 Å². The summed E-state index contributed by atoms with van der Waals surface area (Å²) in [6.07, 6.45) is -2.12. The highest BCUT2D eigenvalue weighted by atomic mass is 32.2. The first kappa shape index (κ1) is 23.6. The number of halogens is 3. The Morgan fingerprint density at radius 2 is 2.06 bits per heavy atom. The maximum absolute atomic E-state index is 13.4. The number of primary amides is 1. The first-order valence-electron chi connectivity index (χ1n) is 9.89. The maximum Gasteiger partial charge on any atom is 0.399 e. The van der Waals surface area contributed by atoms with Gasteiger partial charge in [0.2, 0.25) is 11.4 Å². The second-order valence-corrected chi connectivity index (χ2v) is 10.0. The summed E-state index contributed by atoms with van der Waals surface area (Å²) in [5.41, 5.74) is 2.51. The highest BCUT2D eigenvalue weighted by molar-refractivity contribution is 7.92. The van der Waals surface area contributed by atoms with Crippen LogP contribution in [0.2, 0.25) is 0 Å². The summed E-state index contributed by atoms with van der Waals surface area (Å²) in [4.78, 5) is 29.3. The van der Waals surface area contributed by atoms with Crippen LogP contribution in [-0.2, 0) is 21.4 Å². The van der Waals surface area contributed by atoms with Gasteiger partial charge in [0, 0.05) is 18.3 Å². The summed E-state index contributed by atoms with van der Waals surface area (Å²) in [5, 5.41) is 5.00. The third-order valence-electron chi connectivity index (χ3n) is 5.91. The molecular weight excluding hydrogens is 435 g/mol. The zero-order chi connectivity index (χ0) is 23.1. The summed E-state index contributed by atoms with van der Waals surface area (Å²) in [6.45, 7) is 4.19. The summed E-state index contributed by atoms with van der Waals surface area (Å²) in [7, 11) is 0. The summed E-state index contributed by atoms with van der Waals surface area (Å²) in [5.74, 6) is -0.601. The van der Waals surface area contributed by atoms with E-state index in [9.17, 15) is 27.3 Å². The molecule has 4 N–H and O–H groups in total. The summed E-state index contributed by atoms with van der Waals surface area (Å²) >= 11 is -1.67. The third kappa shape index (κ3) is 4.46. The molecule has 3 heterocycles. The van der Waals surface area contributed by atoms with Crippen molar-refractivity contribution in [1.29, 1.82) is 0 Å². The largest absolute Gasteiger partial charge is 0.613 e. The molecule has 0 aliphatic carbocycles. The molecule has 2 aliphatic heterocycles. The molecule has 0 saturated carbocycles. The van der Waals surface area contributed by atoms with E-state index < -0.39 is 51.5 Å². The average Bonchev–Trinajstić information content (AvgIpc) is 3.26. The molecule has 3 amide bonds. The molecule has 4 unspecified atom stereocenters. The Balaban J connectivity index is 1.77. The van der Waals surface area contributed by atoms with Gasteiger partial charge >= 0.3 is 12.2 Å². The molecule has 3 rings (SSSR count). The molecule has 2 aliphatic rings. The fraction of sp³-hybridized carbons (Fsp3) is 0.632. The Kier molecular flexibility index (Phi) is 6.45. The van der Waals surface area contributed by atoms with Crippen molar-refractivity contribution in [3.63, 3.8) is 0 Å². The minimum absolute atomic E-state index is 0.171. The number of urea groups is 1. The Bertz CT molecular complexity index is 853. The van der Waals surface area contributed by atoms with Crippen LogP contribution in [-0.4, -0.2) is 56.7 Å². The normalized spacial score (nSPS) is 29.3. The molecule has 2 saturated heterocycles. The van der Waals surface area contributed by atoms with Gasteiger partial charge < -0.3 is 15.2 Å². The number of nitrogens with zero attached hydrogens (tertiary/aromatic N) is 2. The molecule has 0 aromatic carbocycles. The molecule has 172 valence electrons. The first-order chi connectivity index (χ1) is 14.3. The molecule has 0 spiro atoms. The van der Waals surface area contributed by atoms with E-state index in [4.69, 9.17) is 5.73 Å². The Labute approximate surface area is 181 Å². The maximum atomic E-state index is 13.4. The molecule has 1 aromatic heterocycles. The van der Waals surface area contributed by atoms with Crippen molar-refractivity contribution in [2.45, 2.75) is 68.0 Å². The number of aromatic nitrogens is 1. The lowest BCUT2D eigenvalue weighted by Crippen LogP contribution is -2.54. The van der Waals surface area contributed by atoms with Crippen LogP contribution < -0.4 is 16.4 Å². The number of nitrogens with one attached hydrogen (secondary N) is 2. The topological polar surface area (TPSA) is 123 Å². The van der Waals surface area contributed by atoms with Crippen molar-refractivity contribution >= 4 is 23.1 Å². The fourth-order valence-electron chi connectivity index (χ4n) is 3.88. The molecular formula is C19H26F3N5O3S. The van der Waals surface area contributed by atoms with Crippen molar-refractivity contribution < 1.29 is 27.3 Å². The van der Waals surface area contributed by atoms with Crippen LogP contribution in [0.25, 0.3) is 0 Å². The predicted molar refractivity (Wildman–Crippen MR) is 108 cm³/mol. The highest BCUT2D eigenvalue weighted by Gasteiger charge is 2.51. The first-order valence-corrected chi connectivity index (χ1v) is 11.2. The van der Waals surface area contributed by atoms with Gasteiger partial charge in [-0.05, 0) is 56.9 Å². The molecule has 0 radical (unpaired) electrons. The van der Waals surface area contributed by atoms with Crippen molar-refractivity contribution in [2.24, 2.45) is 5.73 Å². The summed E-state index contributed by atoms with van der Waals surface area (Å²) in [6, 6.07) is 1.19. The minimum atomic E-state index is -4.50. The average molecular weight is 462 g/mol. The van der Waals surface area contributed by atoms with Gasteiger partial charge in [-0.3, -0.25) is 15.1 Å². The van der Waals surface area contributed by atoms with Crippen LogP contribution in [0.15, 0.2) is 18.3 Å². The quantitative estimate of drug-likeness (QED) is 0.589. The third-order valence-corrected chi connectivity index (χ3v) is 7.81. The van der Waals surface area contributed by atoms with Gasteiger partial charge in [0.25, 0.3) is 0 Å². The van der Waals surface area contributed by atoms with Crippen LogP contribution in [0.3, 0.4) is 0 Å². The molecule has 8 nitrogen and oxygen atoms in total. The number of amides is 3.